The van der Waals surface area contributed by atoms with Crippen molar-refractivity contribution in [3.63, 3.8) is 0 Å². The Hall–Kier alpha value is -2.13. The van der Waals surface area contributed by atoms with Gasteiger partial charge in [-0.15, -0.1) is 0 Å². The minimum atomic E-state index is 0.115. The topological polar surface area (TPSA) is 41.1 Å². The van der Waals surface area contributed by atoms with Crippen LogP contribution in [-0.4, -0.2) is 19.0 Å². The predicted octanol–water partition coefficient (Wildman–Crippen LogP) is 4.32. The Morgan fingerprint density at radius 2 is 1.75 bits per heavy atom. The summed E-state index contributed by atoms with van der Waals surface area (Å²) in [5.74, 6) is 1.20. The summed E-state index contributed by atoms with van der Waals surface area (Å²) in [5, 5.41) is 6.51. The maximum atomic E-state index is 12.5. The molecular weight excluding hydrogens is 296 g/mol. The Labute approximate surface area is 144 Å². The number of amides is 1. The number of rotatable bonds is 5. The van der Waals surface area contributed by atoms with Crippen molar-refractivity contribution >= 4 is 11.6 Å². The molecule has 1 aliphatic rings. The van der Waals surface area contributed by atoms with Crippen LogP contribution < -0.4 is 10.6 Å². The molecule has 3 nitrogen and oxygen atoms in total. The molecule has 0 radical (unpaired) electrons. The van der Waals surface area contributed by atoms with E-state index >= 15 is 0 Å². The molecule has 126 valence electrons. The van der Waals surface area contributed by atoms with Gasteiger partial charge in [-0.1, -0.05) is 55.5 Å². The first-order valence-electron chi connectivity index (χ1n) is 8.89. The van der Waals surface area contributed by atoms with Crippen molar-refractivity contribution in [2.45, 2.75) is 26.2 Å². The molecule has 2 aromatic carbocycles. The van der Waals surface area contributed by atoms with Gasteiger partial charge in [0.25, 0.3) is 0 Å². The summed E-state index contributed by atoms with van der Waals surface area (Å²) < 4.78 is 0. The molecule has 0 spiro atoms. The fourth-order valence-corrected chi connectivity index (χ4v) is 3.54. The quantitative estimate of drug-likeness (QED) is 0.861. The lowest BCUT2D eigenvalue weighted by Crippen LogP contribution is -2.32. The van der Waals surface area contributed by atoms with Crippen LogP contribution in [0.2, 0.25) is 0 Å². The minimum absolute atomic E-state index is 0.115. The van der Waals surface area contributed by atoms with Crippen molar-refractivity contribution < 1.29 is 4.79 Å². The van der Waals surface area contributed by atoms with E-state index in [1.165, 1.54) is 12.8 Å². The third-order valence-corrected chi connectivity index (χ3v) is 4.98. The summed E-state index contributed by atoms with van der Waals surface area (Å²) in [6.07, 6.45) is 2.94. The van der Waals surface area contributed by atoms with Gasteiger partial charge in [0.05, 0.1) is 0 Å². The van der Waals surface area contributed by atoms with E-state index in [1.54, 1.807) is 0 Å². The Kier molecular flexibility index (Phi) is 5.65. The molecule has 1 aliphatic heterocycles. The van der Waals surface area contributed by atoms with Gasteiger partial charge in [-0.3, -0.25) is 4.79 Å². The van der Waals surface area contributed by atoms with Gasteiger partial charge in [0.2, 0.25) is 5.91 Å². The second-order valence-electron chi connectivity index (χ2n) is 6.73. The van der Waals surface area contributed by atoms with Crippen LogP contribution in [0.4, 0.5) is 5.69 Å². The smallest absolute Gasteiger partial charge is 0.224 e. The first kappa shape index (κ1) is 16.7. The Bertz CT molecular complexity index is 663. The third kappa shape index (κ3) is 4.24. The number of piperidine rings is 1. The van der Waals surface area contributed by atoms with Crippen LogP contribution in [0.1, 0.15) is 26.2 Å². The van der Waals surface area contributed by atoms with Crippen molar-refractivity contribution in [2.24, 2.45) is 11.8 Å². The van der Waals surface area contributed by atoms with Crippen LogP contribution in [0, 0.1) is 11.8 Å². The molecule has 0 saturated carbocycles. The van der Waals surface area contributed by atoms with E-state index in [4.69, 9.17) is 0 Å². The number of anilines is 1. The van der Waals surface area contributed by atoms with Crippen LogP contribution in [0.25, 0.3) is 11.1 Å². The average Bonchev–Trinajstić information content (AvgIpc) is 2.63. The second-order valence-corrected chi connectivity index (χ2v) is 6.73. The molecule has 1 atom stereocenters. The predicted molar refractivity (Wildman–Crippen MR) is 99.9 cm³/mol. The Balaban J connectivity index is 1.66. The monoisotopic (exact) mass is 322 g/mol. The molecule has 0 aromatic heterocycles. The first-order chi connectivity index (χ1) is 11.7. The molecule has 0 aliphatic carbocycles. The standard InChI is InChI=1S/C21H26N2O/c1-16(17-11-13-22-14-12-17)15-21(24)23-20-10-6-5-9-19(20)18-7-3-2-4-8-18/h2-10,16-17,22H,11-15H2,1H3,(H,23,24). The summed E-state index contributed by atoms with van der Waals surface area (Å²) in [7, 11) is 0. The number of hydrogen-bond donors (Lipinski definition) is 2. The number of carbonyl (C=O) groups excluding carboxylic acids is 1. The maximum Gasteiger partial charge on any atom is 0.224 e. The van der Waals surface area contributed by atoms with Crippen molar-refractivity contribution in [1.82, 2.24) is 5.32 Å². The van der Waals surface area contributed by atoms with Crippen LogP contribution in [0.3, 0.4) is 0 Å². The van der Waals surface area contributed by atoms with E-state index in [0.717, 1.165) is 29.9 Å². The molecule has 1 amide bonds. The zero-order valence-corrected chi connectivity index (χ0v) is 14.3. The van der Waals surface area contributed by atoms with Gasteiger partial charge in [0.15, 0.2) is 0 Å². The van der Waals surface area contributed by atoms with Crippen LogP contribution in [-0.2, 0) is 4.79 Å². The fraction of sp³-hybridized carbons (Fsp3) is 0.381. The van der Waals surface area contributed by atoms with Gasteiger partial charge in [-0.25, -0.2) is 0 Å². The first-order valence-corrected chi connectivity index (χ1v) is 8.89. The van der Waals surface area contributed by atoms with Crippen molar-refractivity contribution in [1.29, 1.82) is 0 Å². The molecule has 24 heavy (non-hydrogen) atoms. The molecule has 1 unspecified atom stereocenters. The van der Waals surface area contributed by atoms with Crippen molar-refractivity contribution in [3.8, 4) is 11.1 Å². The van der Waals surface area contributed by atoms with Crippen molar-refractivity contribution in [3.05, 3.63) is 54.6 Å². The van der Waals surface area contributed by atoms with Gasteiger partial charge < -0.3 is 10.6 Å². The van der Waals surface area contributed by atoms with Crippen LogP contribution >= 0.6 is 0 Å². The lowest BCUT2D eigenvalue weighted by molar-refractivity contribution is -0.117. The highest BCUT2D eigenvalue weighted by Gasteiger charge is 2.22. The molecule has 1 heterocycles. The zero-order valence-electron chi connectivity index (χ0n) is 14.3. The van der Waals surface area contributed by atoms with Crippen molar-refractivity contribution in [2.75, 3.05) is 18.4 Å². The van der Waals surface area contributed by atoms with Gasteiger partial charge in [-0.2, -0.15) is 0 Å². The normalized spacial score (nSPS) is 16.5. The number of para-hydroxylation sites is 1. The zero-order chi connectivity index (χ0) is 16.8. The maximum absolute atomic E-state index is 12.5. The summed E-state index contributed by atoms with van der Waals surface area (Å²) >= 11 is 0. The van der Waals surface area contributed by atoms with E-state index in [2.05, 4.69) is 35.8 Å². The lowest BCUT2D eigenvalue weighted by Gasteiger charge is -2.28. The Morgan fingerprint density at radius 1 is 1.08 bits per heavy atom. The number of nitrogens with one attached hydrogen (secondary N) is 2. The largest absolute Gasteiger partial charge is 0.326 e. The number of carbonyl (C=O) groups is 1. The molecule has 2 aromatic rings. The fourth-order valence-electron chi connectivity index (χ4n) is 3.54. The highest BCUT2D eigenvalue weighted by Crippen LogP contribution is 2.29. The summed E-state index contributed by atoms with van der Waals surface area (Å²) in [6, 6.07) is 18.2. The molecule has 3 rings (SSSR count). The highest BCUT2D eigenvalue weighted by atomic mass is 16.1. The van der Waals surface area contributed by atoms with Crippen LogP contribution in [0.5, 0.6) is 0 Å². The molecule has 0 bridgehead atoms. The van der Waals surface area contributed by atoms with Gasteiger partial charge in [0.1, 0.15) is 0 Å². The number of hydrogen-bond acceptors (Lipinski definition) is 2. The molecule has 3 heteroatoms. The Morgan fingerprint density at radius 3 is 2.50 bits per heavy atom. The molecule has 1 saturated heterocycles. The van der Waals surface area contributed by atoms with E-state index in [0.29, 0.717) is 18.3 Å². The second kappa shape index (κ2) is 8.11. The van der Waals surface area contributed by atoms with E-state index in [1.807, 2.05) is 36.4 Å². The summed E-state index contributed by atoms with van der Waals surface area (Å²) in [5.41, 5.74) is 3.09. The molecular formula is C21H26N2O. The van der Waals surface area contributed by atoms with Gasteiger partial charge >= 0.3 is 0 Å². The third-order valence-electron chi connectivity index (χ3n) is 4.98. The van der Waals surface area contributed by atoms with Gasteiger partial charge in [-0.05, 0) is 49.4 Å². The van der Waals surface area contributed by atoms with E-state index in [-0.39, 0.29) is 5.91 Å². The van der Waals surface area contributed by atoms with E-state index < -0.39 is 0 Å². The summed E-state index contributed by atoms with van der Waals surface area (Å²) in [6.45, 7) is 4.36. The highest BCUT2D eigenvalue weighted by molar-refractivity contribution is 5.95. The SMILES string of the molecule is CC(CC(=O)Nc1ccccc1-c1ccccc1)C1CCNCC1. The molecule has 2 N–H and O–H groups in total. The summed E-state index contributed by atoms with van der Waals surface area (Å²) in [4.78, 5) is 12.5. The van der Waals surface area contributed by atoms with E-state index in [9.17, 15) is 4.79 Å². The lowest BCUT2D eigenvalue weighted by atomic mass is 9.84. The molecule has 1 fully saturated rings. The minimum Gasteiger partial charge on any atom is -0.326 e. The van der Waals surface area contributed by atoms with Gasteiger partial charge in [0, 0.05) is 17.7 Å². The average molecular weight is 322 g/mol. The van der Waals surface area contributed by atoms with Crippen LogP contribution in [0.15, 0.2) is 54.6 Å². The number of benzene rings is 2.